The van der Waals surface area contributed by atoms with Crippen LogP contribution in [-0.2, 0) is 23.0 Å². The summed E-state index contributed by atoms with van der Waals surface area (Å²) in [6, 6.07) is 0. The first-order valence-electron chi connectivity index (χ1n) is 9.56. The van der Waals surface area contributed by atoms with Crippen molar-refractivity contribution in [3.05, 3.63) is 46.6 Å². The smallest absolute Gasteiger partial charge is 1.00 e. The van der Waals surface area contributed by atoms with E-state index >= 15 is 0 Å². The van der Waals surface area contributed by atoms with Gasteiger partial charge in [0.2, 0.25) is 0 Å². The van der Waals surface area contributed by atoms with Crippen molar-refractivity contribution in [2.45, 2.75) is 92.2 Å². The van der Waals surface area contributed by atoms with Crippen molar-refractivity contribution in [2.75, 3.05) is 0 Å². The van der Waals surface area contributed by atoms with E-state index in [1.54, 1.807) is 11.1 Å². The molecule has 0 amide bonds. The number of hydrogen-bond donors (Lipinski definition) is 0. The standard InChI is InChI=1S/2C10H15.C2H6Si.2ClH.Hf/c2*1-3-5-10-7-6-9(4-2)8-10;1-3-2;;;/h2*8H,3-5,7H2,1-2H3;1-2H3;2*1H;/q2*-1;;;;+2/p-2. The summed E-state index contributed by atoms with van der Waals surface area (Å²) in [6.07, 6.45) is 20.9. The zero-order chi connectivity index (χ0) is 18.4. The summed E-state index contributed by atoms with van der Waals surface area (Å²) in [4.78, 5) is 0. The van der Waals surface area contributed by atoms with E-state index in [-0.39, 0.29) is 30.3 Å². The summed E-state index contributed by atoms with van der Waals surface area (Å²) in [5.41, 5.74) is 6.21. The molecular weight excluding hydrogens is 542 g/mol. The molecule has 0 unspecified atom stereocenters. The van der Waals surface area contributed by atoms with Crippen molar-refractivity contribution in [3.8, 4) is 0 Å². The SMILES string of the molecule is CCCC1=CC(CC)=[C-]C1.CCCC1=CC(CC)=[C-]C1.C[Si](C)=[Hf+2].[Cl-].[Cl-]. The fraction of sp³-hybridized carbons (Fsp3) is 0.636. The van der Waals surface area contributed by atoms with Crippen LogP contribution in [0.1, 0.15) is 79.1 Å². The van der Waals surface area contributed by atoms with Crippen molar-refractivity contribution < 1.29 is 47.8 Å². The number of rotatable bonds is 6. The van der Waals surface area contributed by atoms with Gasteiger partial charge in [-0.15, -0.1) is 12.8 Å². The van der Waals surface area contributed by atoms with E-state index in [0.717, 1.165) is 25.7 Å². The number of hydrogen-bond acceptors (Lipinski definition) is 0. The second-order valence-corrected chi connectivity index (χ2v) is 19.3. The fourth-order valence-corrected chi connectivity index (χ4v) is 2.57. The maximum absolute atomic E-state index is 3.37. The Bertz CT molecular complexity index is 458. The predicted octanol–water partition coefficient (Wildman–Crippen LogP) is 1.30. The van der Waals surface area contributed by atoms with Crippen LogP contribution in [0, 0.1) is 12.2 Å². The van der Waals surface area contributed by atoms with Crippen molar-refractivity contribution in [1.29, 1.82) is 0 Å². The molecule has 26 heavy (non-hydrogen) atoms. The molecule has 0 aromatic rings. The molecule has 2 rings (SSSR count). The van der Waals surface area contributed by atoms with Crippen LogP contribution in [-0.4, -0.2) is 5.49 Å². The molecule has 0 bridgehead atoms. The molecule has 2 aliphatic rings. The van der Waals surface area contributed by atoms with Crippen molar-refractivity contribution in [3.63, 3.8) is 0 Å². The quantitative estimate of drug-likeness (QED) is 0.330. The minimum absolute atomic E-state index is 0. The molecule has 0 atom stereocenters. The van der Waals surface area contributed by atoms with Crippen LogP contribution < -0.4 is 24.8 Å². The van der Waals surface area contributed by atoms with E-state index in [0.29, 0.717) is 0 Å². The summed E-state index contributed by atoms with van der Waals surface area (Å²) in [7, 11) is 0. The molecule has 0 spiro atoms. The fourth-order valence-electron chi connectivity index (χ4n) is 2.57. The zero-order valence-electron chi connectivity index (χ0n) is 17.6. The van der Waals surface area contributed by atoms with Crippen LogP contribution >= 0.6 is 0 Å². The first-order chi connectivity index (χ1) is 11.5. The maximum atomic E-state index is 3.37. The molecule has 0 saturated carbocycles. The molecule has 0 N–H and O–H groups in total. The summed E-state index contributed by atoms with van der Waals surface area (Å²) < 4.78 is 0. The topological polar surface area (TPSA) is 0 Å². The van der Waals surface area contributed by atoms with Gasteiger partial charge < -0.3 is 24.8 Å². The Morgan fingerprint density at radius 1 is 0.808 bits per heavy atom. The van der Waals surface area contributed by atoms with Gasteiger partial charge in [0, 0.05) is 0 Å². The Labute approximate surface area is 191 Å². The first kappa shape index (κ1) is 31.3. The zero-order valence-corrected chi connectivity index (χ0v) is 23.7. The predicted molar refractivity (Wildman–Crippen MR) is 107 cm³/mol. The van der Waals surface area contributed by atoms with Gasteiger partial charge in [-0.25, -0.2) is 23.3 Å². The second kappa shape index (κ2) is 20.4. The van der Waals surface area contributed by atoms with Crippen LogP contribution in [0.15, 0.2) is 34.4 Å². The summed E-state index contributed by atoms with van der Waals surface area (Å²) in [5.74, 6) is 0. The monoisotopic (exact) mass is 578 g/mol. The van der Waals surface area contributed by atoms with E-state index in [1.165, 1.54) is 59.8 Å². The average molecular weight is 578 g/mol. The molecule has 148 valence electrons. The van der Waals surface area contributed by atoms with Crippen LogP contribution in [0.25, 0.3) is 0 Å². The molecule has 0 nitrogen and oxygen atoms in total. The average Bonchev–Trinajstić information content (AvgIpc) is 3.17. The molecule has 0 aliphatic heterocycles. The van der Waals surface area contributed by atoms with Crippen molar-refractivity contribution in [1.82, 2.24) is 0 Å². The third-order valence-corrected chi connectivity index (χ3v) is 3.75. The van der Waals surface area contributed by atoms with Gasteiger partial charge in [0.1, 0.15) is 0 Å². The van der Waals surface area contributed by atoms with Gasteiger partial charge in [0.25, 0.3) is 0 Å². The Hall–Kier alpha value is 0.627. The minimum Gasteiger partial charge on any atom is -1.00 e. The van der Waals surface area contributed by atoms with Gasteiger partial charge in [0.15, 0.2) is 0 Å². The van der Waals surface area contributed by atoms with Gasteiger partial charge in [0.05, 0.1) is 0 Å². The van der Waals surface area contributed by atoms with Crippen molar-refractivity contribution >= 4 is 5.49 Å². The van der Waals surface area contributed by atoms with Gasteiger partial charge >= 0.3 is 41.6 Å². The summed E-state index contributed by atoms with van der Waals surface area (Å²) in [5, 5.41) is 0. The van der Waals surface area contributed by atoms with Crippen LogP contribution in [0.3, 0.4) is 0 Å². The molecule has 0 heterocycles. The summed E-state index contributed by atoms with van der Waals surface area (Å²) in [6.45, 7) is 13.5. The van der Waals surface area contributed by atoms with Gasteiger partial charge in [-0.3, -0.25) is 12.2 Å². The molecule has 0 aromatic heterocycles. The van der Waals surface area contributed by atoms with Gasteiger partial charge in [-0.1, -0.05) is 53.4 Å². The Morgan fingerprint density at radius 3 is 1.31 bits per heavy atom. The number of halogens is 2. The van der Waals surface area contributed by atoms with E-state index in [1.807, 2.05) is 0 Å². The molecule has 4 heteroatoms. The van der Waals surface area contributed by atoms with E-state index in [2.05, 4.69) is 65.1 Å². The van der Waals surface area contributed by atoms with Crippen LogP contribution in [0.4, 0.5) is 0 Å². The van der Waals surface area contributed by atoms with Crippen LogP contribution in [0.5, 0.6) is 0 Å². The van der Waals surface area contributed by atoms with E-state index in [9.17, 15) is 0 Å². The second-order valence-electron chi connectivity index (χ2n) is 6.57. The molecule has 0 aromatic carbocycles. The van der Waals surface area contributed by atoms with E-state index < -0.39 is 0 Å². The third kappa shape index (κ3) is 16.8. The molecule has 2 aliphatic carbocycles. The summed E-state index contributed by atoms with van der Waals surface area (Å²) >= 11 is 1.45. The van der Waals surface area contributed by atoms with Gasteiger partial charge in [-0.2, -0.15) is 11.1 Å². The first-order valence-corrected chi connectivity index (χ1v) is 17.5. The Balaban J connectivity index is -0.000000319. The van der Waals surface area contributed by atoms with Crippen molar-refractivity contribution in [2.24, 2.45) is 0 Å². The molecule has 0 saturated heterocycles. The third-order valence-electron chi connectivity index (χ3n) is 3.75. The molecular formula is C22H36Cl2HfSi-2. The number of allylic oxidation sites excluding steroid dienone is 8. The largest absolute Gasteiger partial charge is 1.00 e. The maximum Gasteiger partial charge on any atom is -1.00 e. The van der Waals surface area contributed by atoms with E-state index in [4.69, 9.17) is 0 Å². The molecule has 0 radical (unpaired) electrons. The Kier molecular flexibility index (Phi) is 24.5. The minimum atomic E-state index is 0. The normalized spacial score (nSPS) is 14.2. The molecule has 0 fully saturated rings. The Morgan fingerprint density at radius 2 is 1.12 bits per heavy atom. The van der Waals surface area contributed by atoms with Gasteiger partial charge in [-0.05, 0) is 12.8 Å². The van der Waals surface area contributed by atoms with Crippen LogP contribution in [0.2, 0.25) is 13.1 Å².